The maximum Gasteiger partial charge on any atom is 0.225 e. The van der Waals surface area contributed by atoms with Crippen LogP contribution in [0, 0.1) is 11.8 Å². The number of nitrogens with zero attached hydrogens (tertiary/aromatic N) is 1. The molecule has 2 fully saturated rings. The van der Waals surface area contributed by atoms with E-state index in [0.29, 0.717) is 31.4 Å². The van der Waals surface area contributed by atoms with E-state index in [4.69, 9.17) is 4.74 Å². The number of nitrogens with one attached hydrogen (secondary N) is 1. The van der Waals surface area contributed by atoms with Gasteiger partial charge in [-0.2, -0.15) is 0 Å². The molecule has 1 aliphatic carbocycles. The number of carbonyl (C=O) groups is 2. The monoisotopic (exact) mass is 324 g/mol. The van der Waals surface area contributed by atoms with Gasteiger partial charge in [0.1, 0.15) is 0 Å². The molecule has 0 atom stereocenters. The number of rotatable bonds is 7. The Bertz CT molecular complexity index is 372. The molecule has 2 rings (SSSR count). The largest absolute Gasteiger partial charge is 0.385 e. The van der Waals surface area contributed by atoms with E-state index in [-0.39, 0.29) is 11.8 Å². The summed E-state index contributed by atoms with van der Waals surface area (Å²) in [5, 5.41) is 2.95. The van der Waals surface area contributed by atoms with Crippen LogP contribution in [0.3, 0.4) is 0 Å². The number of hydrogen-bond donors (Lipinski definition) is 1. The zero-order valence-electron chi connectivity index (χ0n) is 14.5. The van der Waals surface area contributed by atoms with Gasteiger partial charge in [-0.15, -0.1) is 0 Å². The topological polar surface area (TPSA) is 58.6 Å². The third-order valence-corrected chi connectivity index (χ3v) is 5.20. The van der Waals surface area contributed by atoms with Crippen molar-refractivity contribution < 1.29 is 14.3 Å². The van der Waals surface area contributed by atoms with E-state index in [1.165, 1.54) is 19.3 Å². The van der Waals surface area contributed by atoms with Crippen LogP contribution >= 0.6 is 0 Å². The Morgan fingerprint density at radius 3 is 2.43 bits per heavy atom. The summed E-state index contributed by atoms with van der Waals surface area (Å²) in [6, 6.07) is 0. The van der Waals surface area contributed by atoms with Crippen LogP contribution in [0.15, 0.2) is 0 Å². The molecule has 0 spiro atoms. The van der Waals surface area contributed by atoms with Gasteiger partial charge < -0.3 is 15.0 Å². The molecule has 1 N–H and O–H groups in total. The summed E-state index contributed by atoms with van der Waals surface area (Å²) < 4.78 is 4.97. The molecule has 0 aromatic rings. The van der Waals surface area contributed by atoms with Crippen molar-refractivity contribution >= 4 is 11.8 Å². The predicted octanol–water partition coefficient (Wildman–Crippen LogP) is 2.35. The highest BCUT2D eigenvalue weighted by Crippen LogP contribution is 2.28. The molecule has 1 aliphatic heterocycles. The summed E-state index contributed by atoms with van der Waals surface area (Å²) in [7, 11) is 1.67. The lowest BCUT2D eigenvalue weighted by Gasteiger charge is -2.35. The summed E-state index contributed by atoms with van der Waals surface area (Å²) in [6.07, 6.45) is 9.21. The fraction of sp³-hybridized carbons (Fsp3) is 0.889. The Kier molecular flexibility index (Phi) is 7.86. The van der Waals surface area contributed by atoms with Gasteiger partial charge in [0, 0.05) is 45.7 Å². The molecule has 2 amide bonds. The Labute approximate surface area is 140 Å². The average molecular weight is 324 g/mol. The highest BCUT2D eigenvalue weighted by Gasteiger charge is 2.29. The molecule has 0 radical (unpaired) electrons. The van der Waals surface area contributed by atoms with Crippen LogP contribution < -0.4 is 5.32 Å². The Morgan fingerprint density at radius 2 is 1.78 bits per heavy atom. The van der Waals surface area contributed by atoms with Gasteiger partial charge in [0.15, 0.2) is 0 Å². The SMILES string of the molecule is COCCCNC(=O)CC1CCN(C(=O)C2CCCCC2)CC1. The number of ether oxygens (including phenoxy) is 1. The smallest absolute Gasteiger partial charge is 0.225 e. The van der Waals surface area contributed by atoms with Gasteiger partial charge in [0.05, 0.1) is 0 Å². The van der Waals surface area contributed by atoms with Crippen molar-refractivity contribution in [1.29, 1.82) is 0 Å². The van der Waals surface area contributed by atoms with Crippen LogP contribution in [0.25, 0.3) is 0 Å². The van der Waals surface area contributed by atoms with Gasteiger partial charge in [0.25, 0.3) is 0 Å². The van der Waals surface area contributed by atoms with E-state index in [0.717, 1.165) is 45.2 Å². The summed E-state index contributed by atoms with van der Waals surface area (Å²) in [5.41, 5.74) is 0. The van der Waals surface area contributed by atoms with Gasteiger partial charge in [-0.25, -0.2) is 0 Å². The minimum Gasteiger partial charge on any atom is -0.385 e. The van der Waals surface area contributed by atoms with Crippen LogP contribution in [0.5, 0.6) is 0 Å². The number of methoxy groups -OCH3 is 1. The fourth-order valence-electron chi connectivity index (χ4n) is 3.74. The van der Waals surface area contributed by atoms with E-state index in [1.807, 2.05) is 4.90 Å². The maximum absolute atomic E-state index is 12.5. The summed E-state index contributed by atoms with van der Waals surface area (Å²) in [5.74, 6) is 1.20. The first-order valence-corrected chi connectivity index (χ1v) is 9.25. The standard InChI is InChI=1S/C18H32N2O3/c1-23-13-5-10-19-17(21)14-15-8-11-20(12-9-15)18(22)16-6-3-2-4-7-16/h15-16H,2-14H2,1H3,(H,19,21). The zero-order chi connectivity index (χ0) is 16.5. The van der Waals surface area contributed by atoms with Crippen molar-refractivity contribution in [3.8, 4) is 0 Å². The molecule has 5 heteroatoms. The van der Waals surface area contributed by atoms with Crippen LogP contribution in [-0.4, -0.2) is 50.1 Å². The molecule has 132 valence electrons. The van der Waals surface area contributed by atoms with E-state index in [1.54, 1.807) is 7.11 Å². The van der Waals surface area contributed by atoms with Crippen LogP contribution in [-0.2, 0) is 14.3 Å². The van der Waals surface area contributed by atoms with Gasteiger partial charge in [-0.1, -0.05) is 19.3 Å². The minimum absolute atomic E-state index is 0.137. The lowest BCUT2D eigenvalue weighted by Crippen LogP contribution is -2.43. The average Bonchev–Trinajstić information content (AvgIpc) is 2.59. The van der Waals surface area contributed by atoms with Crippen molar-refractivity contribution in [3.05, 3.63) is 0 Å². The van der Waals surface area contributed by atoms with E-state index in [2.05, 4.69) is 5.32 Å². The van der Waals surface area contributed by atoms with Gasteiger partial charge in [-0.3, -0.25) is 9.59 Å². The molecular formula is C18H32N2O3. The Morgan fingerprint density at radius 1 is 1.09 bits per heavy atom. The van der Waals surface area contributed by atoms with Crippen molar-refractivity contribution in [1.82, 2.24) is 10.2 Å². The molecule has 0 unspecified atom stereocenters. The zero-order valence-corrected chi connectivity index (χ0v) is 14.5. The third kappa shape index (κ3) is 6.13. The number of carbonyl (C=O) groups excluding carboxylic acids is 2. The molecule has 1 saturated heterocycles. The number of hydrogen-bond acceptors (Lipinski definition) is 3. The molecule has 0 aromatic carbocycles. The van der Waals surface area contributed by atoms with Gasteiger partial charge in [0.2, 0.25) is 11.8 Å². The van der Waals surface area contributed by atoms with Gasteiger partial charge >= 0.3 is 0 Å². The molecule has 1 heterocycles. The minimum atomic E-state index is 0.137. The summed E-state index contributed by atoms with van der Waals surface area (Å²) >= 11 is 0. The molecule has 0 aromatic heterocycles. The lowest BCUT2D eigenvalue weighted by molar-refractivity contribution is -0.138. The van der Waals surface area contributed by atoms with Crippen LogP contribution in [0.1, 0.15) is 57.8 Å². The van der Waals surface area contributed by atoms with Crippen molar-refractivity contribution in [2.75, 3.05) is 33.4 Å². The first-order valence-electron chi connectivity index (χ1n) is 9.25. The Balaban J connectivity index is 1.63. The highest BCUT2D eigenvalue weighted by molar-refractivity contribution is 5.79. The first-order chi connectivity index (χ1) is 11.2. The molecule has 23 heavy (non-hydrogen) atoms. The third-order valence-electron chi connectivity index (χ3n) is 5.20. The molecule has 1 saturated carbocycles. The molecule has 0 bridgehead atoms. The molecular weight excluding hydrogens is 292 g/mol. The maximum atomic E-state index is 12.5. The summed E-state index contributed by atoms with van der Waals surface area (Å²) in [4.78, 5) is 26.5. The predicted molar refractivity (Wildman–Crippen MR) is 90.0 cm³/mol. The summed E-state index contributed by atoms with van der Waals surface area (Å²) in [6.45, 7) is 3.03. The second-order valence-electron chi connectivity index (χ2n) is 7.00. The number of piperidine rings is 1. The van der Waals surface area contributed by atoms with E-state index >= 15 is 0 Å². The first kappa shape index (κ1) is 18.2. The van der Waals surface area contributed by atoms with Crippen LogP contribution in [0.2, 0.25) is 0 Å². The van der Waals surface area contributed by atoms with Gasteiger partial charge in [-0.05, 0) is 38.0 Å². The van der Waals surface area contributed by atoms with E-state index < -0.39 is 0 Å². The quantitative estimate of drug-likeness (QED) is 0.731. The molecule has 2 aliphatic rings. The van der Waals surface area contributed by atoms with Crippen molar-refractivity contribution in [3.63, 3.8) is 0 Å². The number of likely N-dealkylation sites (tertiary alicyclic amines) is 1. The Hall–Kier alpha value is -1.10. The van der Waals surface area contributed by atoms with Crippen molar-refractivity contribution in [2.24, 2.45) is 11.8 Å². The second kappa shape index (κ2) is 9.91. The normalized spacial score (nSPS) is 20.5. The second-order valence-corrected chi connectivity index (χ2v) is 7.00. The fourth-order valence-corrected chi connectivity index (χ4v) is 3.74. The number of amides is 2. The van der Waals surface area contributed by atoms with E-state index in [9.17, 15) is 9.59 Å². The van der Waals surface area contributed by atoms with Crippen molar-refractivity contribution in [2.45, 2.75) is 57.8 Å². The lowest BCUT2D eigenvalue weighted by atomic mass is 9.87. The van der Waals surface area contributed by atoms with Crippen LogP contribution in [0.4, 0.5) is 0 Å². The molecule has 5 nitrogen and oxygen atoms in total. The highest BCUT2D eigenvalue weighted by atomic mass is 16.5.